The number of ether oxygens (including phenoxy) is 1. The van der Waals surface area contributed by atoms with Crippen molar-refractivity contribution in [3.8, 4) is 11.3 Å². The molecule has 0 spiro atoms. The molecular weight excluding hydrogens is 478 g/mol. The monoisotopic (exact) mass is 509 g/mol. The van der Waals surface area contributed by atoms with Gasteiger partial charge in [0, 0.05) is 74.4 Å². The third kappa shape index (κ3) is 4.79. The van der Waals surface area contributed by atoms with E-state index < -0.39 is 6.10 Å². The molecule has 0 aliphatic carbocycles. The number of carbonyl (C=O) groups excluding carboxylic acids is 1. The molecule has 2 saturated heterocycles. The largest absolute Gasteiger partial charge is 0.398 e. The minimum absolute atomic E-state index is 0.215. The minimum Gasteiger partial charge on any atom is -0.398 e. The van der Waals surface area contributed by atoms with Crippen LogP contribution in [0.5, 0.6) is 0 Å². The fourth-order valence-corrected chi connectivity index (χ4v) is 5.74. The molecule has 190 valence electrons. The zero-order valence-corrected chi connectivity index (χ0v) is 21.1. The summed E-state index contributed by atoms with van der Waals surface area (Å²) in [5.74, 6) is 0.443. The maximum Gasteiger partial charge on any atom is 0.251 e. The number of nitrogens with zero attached hydrogens (tertiary/aromatic N) is 5. The maximum atomic E-state index is 12.1. The van der Waals surface area contributed by atoms with Crippen LogP contribution in [0.2, 0.25) is 0 Å². The standard InChI is InChI=1S/C25H31N7O3S/c1-16(33)24(34)31-7-5-30(6-8-31)14-17-15-36-23-21(17)28-25(32-9-11-35-12-10-32)29-22(23)18-3-2-4-20(27)19(18)13-26/h2-4,13,15-16,26,33H,5-12,14,27H2,1H3/t16-/m0/s1. The number of morpholine rings is 1. The molecule has 2 aliphatic rings. The first-order valence-corrected chi connectivity index (χ1v) is 13.0. The first-order valence-electron chi connectivity index (χ1n) is 12.2. The molecule has 2 aromatic heterocycles. The van der Waals surface area contributed by atoms with Crippen LogP contribution < -0.4 is 10.6 Å². The lowest BCUT2D eigenvalue weighted by molar-refractivity contribution is -0.141. The summed E-state index contributed by atoms with van der Waals surface area (Å²) in [6.07, 6.45) is 0.319. The van der Waals surface area contributed by atoms with E-state index >= 15 is 0 Å². The van der Waals surface area contributed by atoms with Crippen LogP contribution in [0.4, 0.5) is 11.6 Å². The van der Waals surface area contributed by atoms with Crippen molar-refractivity contribution in [2.24, 2.45) is 0 Å². The van der Waals surface area contributed by atoms with Gasteiger partial charge in [-0.2, -0.15) is 0 Å². The van der Waals surface area contributed by atoms with Crippen molar-refractivity contribution in [1.29, 1.82) is 5.41 Å². The molecule has 11 heteroatoms. The van der Waals surface area contributed by atoms with Crippen molar-refractivity contribution >= 4 is 45.3 Å². The Labute approximate surface area is 213 Å². The highest BCUT2D eigenvalue weighted by Gasteiger charge is 2.26. The van der Waals surface area contributed by atoms with Gasteiger partial charge in [0.15, 0.2) is 0 Å². The molecule has 4 N–H and O–H groups in total. The van der Waals surface area contributed by atoms with Gasteiger partial charge in [-0.15, -0.1) is 11.3 Å². The van der Waals surface area contributed by atoms with E-state index in [-0.39, 0.29) is 5.91 Å². The SMILES string of the molecule is C[C@H](O)C(=O)N1CCN(Cc2csc3c(-c4cccc(N)c4C=N)nc(N4CCOCC4)nc23)CC1. The fourth-order valence-electron chi connectivity index (χ4n) is 4.74. The highest BCUT2D eigenvalue weighted by molar-refractivity contribution is 7.17. The molecule has 0 unspecified atom stereocenters. The number of aliphatic hydroxyl groups is 1. The van der Waals surface area contributed by atoms with Crippen LogP contribution in [0.25, 0.3) is 21.5 Å². The van der Waals surface area contributed by atoms with E-state index in [1.54, 1.807) is 22.3 Å². The van der Waals surface area contributed by atoms with Crippen molar-refractivity contribution in [3.63, 3.8) is 0 Å². The van der Waals surface area contributed by atoms with E-state index in [2.05, 4.69) is 15.2 Å². The smallest absolute Gasteiger partial charge is 0.251 e. The summed E-state index contributed by atoms with van der Waals surface area (Å²) in [6, 6.07) is 5.65. The highest BCUT2D eigenvalue weighted by atomic mass is 32.1. The molecule has 1 atom stereocenters. The van der Waals surface area contributed by atoms with Crippen LogP contribution in [-0.2, 0) is 16.1 Å². The zero-order valence-electron chi connectivity index (χ0n) is 20.3. The van der Waals surface area contributed by atoms with Gasteiger partial charge in [0.2, 0.25) is 5.95 Å². The molecule has 0 bridgehead atoms. The summed E-state index contributed by atoms with van der Waals surface area (Å²) < 4.78 is 6.50. The Morgan fingerprint density at radius 3 is 2.67 bits per heavy atom. The summed E-state index contributed by atoms with van der Waals surface area (Å²) >= 11 is 1.61. The Kier molecular flexibility index (Phi) is 7.15. The molecule has 4 heterocycles. The average Bonchev–Trinajstić information content (AvgIpc) is 3.31. The Morgan fingerprint density at radius 2 is 1.97 bits per heavy atom. The van der Waals surface area contributed by atoms with E-state index in [0.717, 1.165) is 53.2 Å². The number of hydrogen-bond donors (Lipinski definition) is 3. The van der Waals surface area contributed by atoms with Crippen molar-refractivity contribution in [3.05, 3.63) is 34.7 Å². The van der Waals surface area contributed by atoms with E-state index in [4.69, 9.17) is 25.8 Å². The van der Waals surface area contributed by atoms with E-state index in [1.165, 1.54) is 13.1 Å². The average molecular weight is 510 g/mol. The number of amides is 1. The van der Waals surface area contributed by atoms with Crippen molar-refractivity contribution < 1.29 is 14.6 Å². The van der Waals surface area contributed by atoms with Gasteiger partial charge in [-0.3, -0.25) is 9.69 Å². The summed E-state index contributed by atoms with van der Waals surface area (Å²) in [7, 11) is 0. The number of rotatable bonds is 6. The normalized spacial score (nSPS) is 17.9. The molecule has 1 aromatic carbocycles. The Hall–Kier alpha value is -3.12. The number of nitrogens with two attached hydrogens (primary N) is 1. The van der Waals surface area contributed by atoms with Gasteiger partial charge >= 0.3 is 0 Å². The summed E-state index contributed by atoms with van der Waals surface area (Å²) in [4.78, 5) is 28.3. The summed E-state index contributed by atoms with van der Waals surface area (Å²) in [6.45, 7) is 7.59. The van der Waals surface area contributed by atoms with Gasteiger partial charge in [-0.25, -0.2) is 9.97 Å². The number of benzene rings is 1. The number of nitrogen functional groups attached to an aromatic ring is 1. The number of aromatic nitrogens is 2. The van der Waals surface area contributed by atoms with Gasteiger partial charge in [0.1, 0.15) is 6.10 Å². The first kappa shape index (κ1) is 24.6. The second-order valence-corrected chi connectivity index (χ2v) is 10.0. The molecule has 10 nitrogen and oxygen atoms in total. The molecule has 5 rings (SSSR count). The molecule has 2 aliphatic heterocycles. The number of hydrogen-bond acceptors (Lipinski definition) is 10. The van der Waals surface area contributed by atoms with Crippen molar-refractivity contribution in [1.82, 2.24) is 19.8 Å². The van der Waals surface area contributed by atoms with Crippen LogP contribution in [0.15, 0.2) is 23.6 Å². The first-order chi connectivity index (χ1) is 17.5. The Morgan fingerprint density at radius 1 is 1.22 bits per heavy atom. The van der Waals surface area contributed by atoms with Gasteiger partial charge in [-0.05, 0) is 18.4 Å². The maximum absolute atomic E-state index is 12.1. The lowest BCUT2D eigenvalue weighted by atomic mass is 10.0. The fraction of sp³-hybridized carbons (Fsp3) is 0.440. The lowest BCUT2D eigenvalue weighted by Gasteiger charge is -2.35. The number of nitrogens with one attached hydrogen (secondary N) is 1. The second-order valence-electron chi connectivity index (χ2n) is 9.14. The second kappa shape index (κ2) is 10.5. The number of thiophene rings is 1. The quantitative estimate of drug-likeness (QED) is 0.339. The van der Waals surface area contributed by atoms with Gasteiger partial charge in [0.25, 0.3) is 5.91 Å². The van der Waals surface area contributed by atoms with Crippen molar-refractivity contribution in [2.45, 2.75) is 19.6 Å². The van der Waals surface area contributed by atoms with Crippen LogP contribution >= 0.6 is 11.3 Å². The van der Waals surface area contributed by atoms with E-state index in [9.17, 15) is 9.90 Å². The Bertz CT molecular complexity index is 1260. The number of aliphatic hydroxyl groups excluding tert-OH is 1. The van der Waals surface area contributed by atoms with Crippen molar-refractivity contribution in [2.75, 3.05) is 63.1 Å². The predicted octanol–water partition coefficient (Wildman–Crippen LogP) is 1.80. The third-order valence-electron chi connectivity index (χ3n) is 6.75. The lowest BCUT2D eigenvalue weighted by Crippen LogP contribution is -2.50. The molecule has 0 saturated carbocycles. The number of carbonyl (C=O) groups is 1. The van der Waals surface area contributed by atoms with Crippen LogP contribution in [-0.4, -0.2) is 95.6 Å². The van der Waals surface area contributed by atoms with Crippen LogP contribution in [0.1, 0.15) is 18.1 Å². The number of anilines is 2. The molecule has 36 heavy (non-hydrogen) atoms. The molecule has 3 aromatic rings. The zero-order chi connectivity index (χ0) is 25.2. The summed E-state index contributed by atoms with van der Waals surface area (Å²) in [5, 5.41) is 19.7. The predicted molar refractivity (Wildman–Crippen MR) is 142 cm³/mol. The molecule has 0 radical (unpaired) electrons. The van der Waals surface area contributed by atoms with Crippen LogP contribution in [0, 0.1) is 5.41 Å². The molecular formula is C25H31N7O3S. The highest BCUT2D eigenvalue weighted by Crippen LogP contribution is 2.37. The van der Waals surface area contributed by atoms with Gasteiger partial charge in [-0.1, -0.05) is 12.1 Å². The van der Waals surface area contributed by atoms with Gasteiger partial charge < -0.3 is 30.8 Å². The van der Waals surface area contributed by atoms with Gasteiger partial charge in [0.05, 0.1) is 29.1 Å². The van der Waals surface area contributed by atoms with E-state index in [1.807, 2.05) is 12.1 Å². The molecule has 2 fully saturated rings. The number of fused-ring (bicyclic) bond motifs is 1. The molecule has 1 amide bonds. The summed E-state index contributed by atoms with van der Waals surface area (Å²) in [5.41, 5.74) is 11.0. The minimum atomic E-state index is -0.969. The topological polar surface area (TPSA) is 132 Å². The van der Waals surface area contributed by atoms with Crippen LogP contribution in [0.3, 0.4) is 0 Å². The van der Waals surface area contributed by atoms with E-state index in [0.29, 0.717) is 50.0 Å². The number of piperazine rings is 1. The Balaban J connectivity index is 1.50. The third-order valence-corrected chi connectivity index (χ3v) is 7.77.